The number of alkyl halides is 2. The molecule has 0 aliphatic heterocycles. The molecule has 0 nitrogen and oxygen atoms in total. The molecule has 3 aromatic rings. The molecule has 1 aromatic heterocycles. The molecule has 0 bridgehead atoms. The molecule has 0 radical (unpaired) electrons. The van der Waals surface area contributed by atoms with Crippen LogP contribution >= 0.6 is 23.2 Å². The van der Waals surface area contributed by atoms with E-state index in [2.05, 4.69) is 48.5 Å². The van der Waals surface area contributed by atoms with Gasteiger partial charge in [-0.3, -0.25) is 0 Å². The van der Waals surface area contributed by atoms with Crippen LogP contribution in [-0.4, -0.2) is 20.4 Å². The van der Waals surface area contributed by atoms with Crippen LogP contribution in [0.25, 0.3) is 18.3 Å². The van der Waals surface area contributed by atoms with Crippen LogP contribution in [0.2, 0.25) is 0 Å². The van der Waals surface area contributed by atoms with E-state index in [-0.39, 0.29) is 0 Å². The van der Waals surface area contributed by atoms with Crippen LogP contribution in [0.5, 0.6) is 0 Å². The molecule has 0 amide bonds. The Kier molecular flexibility index (Phi) is 5.09. The van der Waals surface area contributed by atoms with Crippen molar-refractivity contribution < 1.29 is 0 Å². The standard InChI is InChI=1S/C18H14Cl2Te/c19-11-15-16(12-20)18(14-9-5-2-6-10-14)21-17(15)13-7-3-1-4-8-13/h1-10H,11-12H2. The van der Waals surface area contributed by atoms with Gasteiger partial charge >= 0.3 is 145 Å². The van der Waals surface area contributed by atoms with Crippen molar-refractivity contribution in [3.05, 3.63) is 71.8 Å². The van der Waals surface area contributed by atoms with Gasteiger partial charge < -0.3 is 0 Å². The molecule has 3 rings (SSSR count). The van der Waals surface area contributed by atoms with Crippen LogP contribution < -0.4 is 0 Å². The monoisotopic (exact) mass is 430 g/mol. The van der Waals surface area contributed by atoms with Crippen molar-refractivity contribution in [2.45, 2.75) is 11.8 Å². The average molecular weight is 429 g/mol. The molecule has 0 saturated heterocycles. The van der Waals surface area contributed by atoms with Gasteiger partial charge in [-0.05, 0) is 0 Å². The molecule has 0 unspecified atom stereocenters. The van der Waals surface area contributed by atoms with E-state index in [1.54, 1.807) is 0 Å². The van der Waals surface area contributed by atoms with E-state index in [9.17, 15) is 0 Å². The summed E-state index contributed by atoms with van der Waals surface area (Å²) in [5.74, 6) is 1.07. The Balaban J connectivity index is 2.21. The molecular weight excluding hydrogens is 415 g/mol. The average Bonchev–Trinajstić information content (AvgIpc) is 2.95. The summed E-state index contributed by atoms with van der Waals surface area (Å²) in [4.78, 5) is 0. The second-order valence-corrected chi connectivity index (χ2v) is 8.16. The summed E-state index contributed by atoms with van der Waals surface area (Å²) < 4.78 is 2.87. The van der Waals surface area contributed by atoms with Crippen LogP contribution in [0.1, 0.15) is 11.1 Å². The van der Waals surface area contributed by atoms with E-state index in [0.717, 1.165) is 0 Å². The Morgan fingerprint density at radius 3 is 1.33 bits per heavy atom. The van der Waals surface area contributed by atoms with E-state index >= 15 is 0 Å². The maximum absolute atomic E-state index is 6.25. The topological polar surface area (TPSA) is 0 Å². The van der Waals surface area contributed by atoms with Gasteiger partial charge in [0.25, 0.3) is 0 Å². The predicted molar refractivity (Wildman–Crippen MR) is 93.4 cm³/mol. The van der Waals surface area contributed by atoms with Crippen molar-refractivity contribution in [3.63, 3.8) is 0 Å². The normalized spacial score (nSPS) is 10.8. The zero-order valence-electron chi connectivity index (χ0n) is 11.4. The summed E-state index contributed by atoms with van der Waals surface area (Å²) in [7, 11) is 0. The number of rotatable bonds is 4. The molecule has 0 saturated carbocycles. The fourth-order valence-corrected chi connectivity index (χ4v) is 7.37. The molecule has 0 atom stereocenters. The minimum absolute atomic E-state index is 0.459. The van der Waals surface area contributed by atoms with Crippen molar-refractivity contribution in [1.29, 1.82) is 0 Å². The minimum atomic E-state index is -0.459. The van der Waals surface area contributed by atoms with Gasteiger partial charge in [-0.15, -0.1) is 0 Å². The summed E-state index contributed by atoms with van der Waals surface area (Å²) in [6.07, 6.45) is 0. The van der Waals surface area contributed by atoms with Crippen LogP contribution in [-0.2, 0) is 11.8 Å². The number of hydrogen-bond acceptors (Lipinski definition) is 0. The third-order valence-electron chi connectivity index (χ3n) is 3.46. The Morgan fingerprint density at radius 2 is 1.00 bits per heavy atom. The third kappa shape index (κ3) is 3.08. The van der Waals surface area contributed by atoms with E-state index in [4.69, 9.17) is 23.2 Å². The van der Waals surface area contributed by atoms with Gasteiger partial charge in [-0.2, -0.15) is 0 Å². The van der Waals surface area contributed by atoms with Crippen molar-refractivity contribution in [3.8, 4) is 18.3 Å². The van der Waals surface area contributed by atoms with Crippen LogP contribution in [0.4, 0.5) is 0 Å². The first-order valence-corrected chi connectivity index (χ1v) is 10.1. The van der Waals surface area contributed by atoms with Gasteiger partial charge in [0.1, 0.15) is 0 Å². The fraction of sp³-hybridized carbons (Fsp3) is 0.111. The van der Waals surface area contributed by atoms with E-state index < -0.39 is 20.4 Å². The Bertz CT molecular complexity index is 656. The maximum atomic E-state index is 6.25. The Labute approximate surface area is 145 Å². The number of halogens is 2. The Hall–Kier alpha value is -0.710. The van der Waals surface area contributed by atoms with Crippen molar-refractivity contribution in [2.75, 3.05) is 0 Å². The second-order valence-electron chi connectivity index (χ2n) is 4.72. The van der Waals surface area contributed by atoms with E-state index in [1.807, 2.05) is 12.1 Å². The SMILES string of the molecule is ClCc1c(-c2ccccc2)[te]c(-c2ccccc2)c1CCl. The van der Waals surface area contributed by atoms with Crippen LogP contribution in [0.15, 0.2) is 60.7 Å². The summed E-state index contributed by atoms with van der Waals surface area (Å²) in [5, 5.41) is 0. The molecule has 0 N–H and O–H groups in total. The van der Waals surface area contributed by atoms with Crippen LogP contribution in [0, 0.1) is 0 Å². The number of hydrogen-bond donors (Lipinski definition) is 0. The molecular formula is C18H14Cl2Te. The van der Waals surface area contributed by atoms with Gasteiger partial charge in [-0.1, -0.05) is 0 Å². The molecule has 106 valence electrons. The molecule has 2 aromatic carbocycles. The van der Waals surface area contributed by atoms with Crippen LogP contribution in [0.3, 0.4) is 0 Å². The molecule has 0 spiro atoms. The summed E-state index contributed by atoms with van der Waals surface area (Å²) in [6, 6.07) is 21.1. The van der Waals surface area contributed by atoms with Gasteiger partial charge in [0, 0.05) is 0 Å². The molecule has 3 heteroatoms. The summed E-state index contributed by atoms with van der Waals surface area (Å²) in [5.41, 5.74) is 5.09. The zero-order chi connectivity index (χ0) is 14.7. The van der Waals surface area contributed by atoms with Gasteiger partial charge in [0.15, 0.2) is 0 Å². The molecule has 0 fully saturated rings. The molecule has 0 aliphatic rings. The van der Waals surface area contributed by atoms with Crippen molar-refractivity contribution in [1.82, 2.24) is 0 Å². The van der Waals surface area contributed by atoms with E-state index in [0.29, 0.717) is 11.8 Å². The van der Waals surface area contributed by atoms with Gasteiger partial charge in [0.05, 0.1) is 0 Å². The zero-order valence-corrected chi connectivity index (χ0v) is 15.2. The molecule has 1 heterocycles. The third-order valence-corrected chi connectivity index (χ3v) is 7.91. The predicted octanol–water partition coefficient (Wildman–Crippen LogP) is 5.56. The van der Waals surface area contributed by atoms with E-state index in [1.165, 1.54) is 29.4 Å². The fourth-order valence-electron chi connectivity index (χ4n) is 2.43. The summed E-state index contributed by atoms with van der Waals surface area (Å²) in [6.45, 7) is 0. The first-order chi connectivity index (χ1) is 10.3. The molecule has 0 aliphatic carbocycles. The summed E-state index contributed by atoms with van der Waals surface area (Å²) >= 11 is 12.0. The van der Waals surface area contributed by atoms with Gasteiger partial charge in [-0.25, -0.2) is 0 Å². The first-order valence-electron chi connectivity index (χ1n) is 6.72. The molecule has 21 heavy (non-hydrogen) atoms. The first kappa shape index (κ1) is 15.2. The van der Waals surface area contributed by atoms with Crippen molar-refractivity contribution in [2.24, 2.45) is 0 Å². The van der Waals surface area contributed by atoms with Gasteiger partial charge in [0.2, 0.25) is 0 Å². The van der Waals surface area contributed by atoms with Crippen molar-refractivity contribution >= 4 is 43.6 Å². The Morgan fingerprint density at radius 1 is 0.619 bits per heavy atom. The quantitative estimate of drug-likeness (QED) is 0.377. The second kappa shape index (κ2) is 7.03. The number of benzene rings is 2.